The van der Waals surface area contributed by atoms with Crippen molar-refractivity contribution < 1.29 is 0 Å². The highest BCUT2D eigenvalue weighted by molar-refractivity contribution is 7.80. The summed E-state index contributed by atoms with van der Waals surface area (Å²) in [6, 6.07) is 0.171. The molecule has 0 aromatic carbocycles. The molecule has 1 N–H and O–H groups in total. The maximum Gasteiger partial charge on any atom is 0.193 e. The first-order chi connectivity index (χ1) is 4.86. The largest absolute Gasteiger partial charge is 0.349 e. The average Bonchev–Trinajstić information content (AvgIpc) is 2.27. The van der Waals surface area contributed by atoms with Gasteiger partial charge < -0.3 is 5.32 Å². The minimum absolute atomic E-state index is 0.171. The van der Waals surface area contributed by atoms with E-state index in [1.807, 2.05) is 6.08 Å². The second kappa shape index (κ2) is 1.98. The standard InChI is InChI=1S/C6H5N3S/c10-6-8-4-1-2-7-3-5(4)9-6/h1-4H,(H,8,10). The van der Waals surface area contributed by atoms with Gasteiger partial charge in [-0.1, -0.05) is 0 Å². The molecule has 2 heterocycles. The SMILES string of the molecule is S=C1N=C2C=NC=CC2N1. The Morgan fingerprint density at radius 1 is 1.60 bits per heavy atom. The van der Waals surface area contributed by atoms with Crippen molar-refractivity contribution >= 4 is 29.3 Å². The van der Waals surface area contributed by atoms with Gasteiger partial charge in [0.1, 0.15) is 0 Å². The van der Waals surface area contributed by atoms with Crippen LogP contribution in [-0.4, -0.2) is 23.1 Å². The van der Waals surface area contributed by atoms with Crippen LogP contribution in [0.1, 0.15) is 0 Å². The van der Waals surface area contributed by atoms with Crippen LogP contribution in [0, 0.1) is 0 Å². The predicted octanol–water partition coefficient (Wildman–Crippen LogP) is 0.282. The van der Waals surface area contributed by atoms with Crippen molar-refractivity contribution in [3.8, 4) is 0 Å². The van der Waals surface area contributed by atoms with Gasteiger partial charge in [0.05, 0.1) is 18.0 Å². The number of fused-ring (bicyclic) bond motifs is 1. The van der Waals surface area contributed by atoms with Crippen LogP contribution in [0.2, 0.25) is 0 Å². The molecule has 3 nitrogen and oxygen atoms in total. The zero-order chi connectivity index (χ0) is 6.97. The molecule has 1 unspecified atom stereocenters. The molecule has 2 aliphatic rings. The lowest BCUT2D eigenvalue weighted by molar-refractivity contribution is 0.964. The fourth-order valence-corrected chi connectivity index (χ4v) is 1.17. The Hall–Kier alpha value is -1.03. The summed E-state index contributed by atoms with van der Waals surface area (Å²) in [6.45, 7) is 0. The van der Waals surface area contributed by atoms with E-state index in [0.29, 0.717) is 5.11 Å². The van der Waals surface area contributed by atoms with Gasteiger partial charge in [-0.05, 0) is 18.3 Å². The van der Waals surface area contributed by atoms with Crippen LogP contribution in [-0.2, 0) is 0 Å². The summed E-state index contributed by atoms with van der Waals surface area (Å²) in [5.41, 5.74) is 0.910. The summed E-state index contributed by atoms with van der Waals surface area (Å²) < 4.78 is 0. The lowest BCUT2D eigenvalue weighted by atomic mass is 10.2. The molecule has 0 aromatic heterocycles. The molecule has 0 spiro atoms. The van der Waals surface area contributed by atoms with Crippen LogP contribution in [0.3, 0.4) is 0 Å². The molecule has 2 rings (SSSR count). The fraction of sp³-hybridized carbons (Fsp3) is 0.167. The van der Waals surface area contributed by atoms with Gasteiger partial charge >= 0.3 is 0 Å². The Balaban J connectivity index is 2.37. The molecule has 0 aromatic rings. The molecule has 50 valence electrons. The fourth-order valence-electron chi connectivity index (χ4n) is 0.937. The molecule has 10 heavy (non-hydrogen) atoms. The number of thiocarbonyl (C=S) groups is 1. The first-order valence-electron chi connectivity index (χ1n) is 2.95. The van der Waals surface area contributed by atoms with E-state index < -0.39 is 0 Å². The summed E-state index contributed by atoms with van der Waals surface area (Å²) in [4.78, 5) is 7.97. The molecule has 1 atom stereocenters. The number of nitrogens with zero attached hydrogens (tertiary/aromatic N) is 2. The van der Waals surface area contributed by atoms with E-state index >= 15 is 0 Å². The summed E-state index contributed by atoms with van der Waals surface area (Å²) >= 11 is 4.84. The lowest BCUT2D eigenvalue weighted by Crippen LogP contribution is -2.31. The first-order valence-corrected chi connectivity index (χ1v) is 3.36. The lowest BCUT2D eigenvalue weighted by Gasteiger charge is -2.06. The van der Waals surface area contributed by atoms with Gasteiger partial charge in [-0.25, -0.2) is 4.99 Å². The quantitative estimate of drug-likeness (QED) is 0.505. The van der Waals surface area contributed by atoms with Gasteiger partial charge in [-0.2, -0.15) is 0 Å². The van der Waals surface area contributed by atoms with E-state index in [-0.39, 0.29) is 6.04 Å². The molecule has 4 heteroatoms. The third-order valence-corrected chi connectivity index (χ3v) is 1.61. The highest BCUT2D eigenvalue weighted by atomic mass is 32.1. The summed E-state index contributed by atoms with van der Waals surface area (Å²) in [7, 11) is 0. The average molecular weight is 151 g/mol. The van der Waals surface area contributed by atoms with E-state index in [0.717, 1.165) is 5.71 Å². The van der Waals surface area contributed by atoms with Gasteiger partial charge in [0.25, 0.3) is 0 Å². The minimum atomic E-state index is 0.171. The third-order valence-electron chi connectivity index (χ3n) is 1.40. The van der Waals surface area contributed by atoms with E-state index in [9.17, 15) is 0 Å². The van der Waals surface area contributed by atoms with Gasteiger partial charge in [-0.15, -0.1) is 0 Å². The second-order valence-corrected chi connectivity index (χ2v) is 2.47. The number of hydrogen-bond donors (Lipinski definition) is 1. The normalized spacial score (nSPS) is 27.8. The Morgan fingerprint density at radius 2 is 2.50 bits per heavy atom. The molecule has 0 saturated heterocycles. The van der Waals surface area contributed by atoms with E-state index in [1.165, 1.54) is 0 Å². The molecule has 0 aliphatic carbocycles. The minimum Gasteiger partial charge on any atom is -0.349 e. The number of hydrogen-bond acceptors (Lipinski definition) is 2. The topological polar surface area (TPSA) is 36.8 Å². The van der Waals surface area contributed by atoms with Crippen LogP contribution < -0.4 is 5.32 Å². The van der Waals surface area contributed by atoms with Crippen molar-refractivity contribution in [3.63, 3.8) is 0 Å². The van der Waals surface area contributed by atoms with Crippen molar-refractivity contribution in [2.24, 2.45) is 9.98 Å². The second-order valence-electron chi connectivity index (χ2n) is 2.08. The summed E-state index contributed by atoms with van der Waals surface area (Å²) in [6.07, 6.45) is 5.39. The molecule has 0 radical (unpaired) electrons. The van der Waals surface area contributed by atoms with Gasteiger partial charge in [0, 0.05) is 6.20 Å². The number of nitrogens with one attached hydrogen (secondary N) is 1. The monoisotopic (exact) mass is 151 g/mol. The Kier molecular flexibility index (Phi) is 1.14. The van der Waals surface area contributed by atoms with E-state index in [2.05, 4.69) is 15.3 Å². The van der Waals surface area contributed by atoms with Crippen molar-refractivity contribution in [2.45, 2.75) is 6.04 Å². The third kappa shape index (κ3) is 0.769. The Labute approximate surface area is 63.6 Å². The summed E-state index contributed by atoms with van der Waals surface area (Å²) in [5.74, 6) is 0. The smallest absolute Gasteiger partial charge is 0.193 e. The highest BCUT2D eigenvalue weighted by Crippen LogP contribution is 2.03. The first kappa shape index (κ1) is 5.73. The van der Waals surface area contributed by atoms with Crippen molar-refractivity contribution in [2.75, 3.05) is 0 Å². The van der Waals surface area contributed by atoms with E-state index in [4.69, 9.17) is 12.2 Å². The zero-order valence-corrected chi connectivity index (χ0v) is 5.93. The van der Waals surface area contributed by atoms with Crippen LogP contribution in [0.5, 0.6) is 0 Å². The Bertz CT molecular complexity index is 264. The molecule has 0 saturated carbocycles. The van der Waals surface area contributed by atoms with Gasteiger partial charge in [-0.3, -0.25) is 4.99 Å². The predicted molar refractivity (Wildman–Crippen MR) is 44.6 cm³/mol. The van der Waals surface area contributed by atoms with Crippen LogP contribution in [0.25, 0.3) is 0 Å². The molecule has 0 bridgehead atoms. The molecule has 0 amide bonds. The van der Waals surface area contributed by atoms with Crippen molar-refractivity contribution in [1.82, 2.24) is 5.32 Å². The van der Waals surface area contributed by atoms with Gasteiger partial charge in [0.2, 0.25) is 0 Å². The van der Waals surface area contributed by atoms with Gasteiger partial charge in [0.15, 0.2) is 5.11 Å². The molecule has 0 fully saturated rings. The van der Waals surface area contributed by atoms with Crippen LogP contribution in [0.4, 0.5) is 0 Å². The molecular weight excluding hydrogens is 146 g/mol. The molecular formula is C6H5N3S. The highest BCUT2D eigenvalue weighted by Gasteiger charge is 2.20. The molecule has 2 aliphatic heterocycles. The number of rotatable bonds is 0. The number of aliphatic imine (C=N–C) groups is 2. The van der Waals surface area contributed by atoms with Crippen LogP contribution in [0.15, 0.2) is 22.3 Å². The van der Waals surface area contributed by atoms with Crippen LogP contribution >= 0.6 is 12.2 Å². The zero-order valence-electron chi connectivity index (χ0n) is 5.11. The maximum absolute atomic E-state index is 4.84. The maximum atomic E-state index is 4.84. The van der Waals surface area contributed by atoms with E-state index in [1.54, 1.807) is 12.4 Å². The summed E-state index contributed by atoms with van der Waals surface area (Å²) in [5, 5.41) is 3.56. The van der Waals surface area contributed by atoms with Crippen molar-refractivity contribution in [3.05, 3.63) is 12.3 Å². The van der Waals surface area contributed by atoms with Crippen molar-refractivity contribution in [1.29, 1.82) is 0 Å². The Morgan fingerprint density at radius 3 is 3.30 bits per heavy atom.